The lowest BCUT2D eigenvalue weighted by Gasteiger charge is -2.35. The van der Waals surface area contributed by atoms with E-state index in [0.29, 0.717) is 0 Å². The van der Waals surface area contributed by atoms with Crippen molar-refractivity contribution in [3.8, 4) is 0 Å². The molecule has 1 N–H and O–H groups in total. The summed E-state index contributed by atoms with van der Waals surface area (Å²) < 4.78 is 0. The van der Waals surface area contributed by atoms with Gasteiger partial charge in [-0.25, -0.2) is 0 Å². The van der Waals surface area contributed by atoms with Crippen molar-refractivity contribution in [1.29, 1.82) is 0 Å². The summed E-state index contributed by atoms with van der Waals surface area (Å²) in [5, 5.41) is 17.0. The molecule has 0 aliphatic carbocycles. The van der Waals surface area contributed by atoms with E-state index in [1.807, 2.05) is 32.8 Å². The van der Waals surface area contributed by atoms with Gasteiger partial charge >= 0.3 is 0 Å². The third kappa shape index (κ3) is 2.54. The molecular formula is C12H21N5. The van der Waals surface area contributed by atoms with E-state index in [1.165, 1.54) is 0 Å². The fourth-order valence-corrected chi connectivity index (χ4v) is 1.83. The van der Waals surface area contributed by atoms with Crippen LogP contribution in [0.1, 0.15) is 39.1 Å². The van der Waals surface area contributed by atoms with Gasteiger partial charge in [-0.3, -0.25) is 10.1 Å². The van der Waals surface area contributed by atoms with Crippen molar-refractivity contribution in [2.75, 3.05) is 7.05 Å². The van der Waals surface area contributed by atoms with E-state index < -0.39 is 0 Å². The minimum atomic E-state index is -0.222. The van der Waals surface area contributed by atoms with Gasteiger partial charge < -0.3 is 0 Å². The largest absolute Gasteiger partial charge is 0.290 e. The molecule has 0 aliphatic rings. The number of H-pyrrole nitrogens is 1. The number of rotatable bonds is 4. The van der Waals surface area contributed by atoms with Crippen molar-refractivity contribution in [2.45, 2.75) is 40.2 Å². The number of aryl methyl sites for hydroxylation is 1. The standard InChI is InChI=1S/C12H21N5/c1-7-10(11-9(3)14-16-15-11)12(4,5)17(6)13-8-2/h7-8H,1-6H3,(H,14,15,16)/b10-7-,13-8-. The van der Waals surface area contributed by atoms with Gasteiger partial charge in [0.05, 0.1) is 16.9 Å². The summed E-state index contributed by atoms with van der Waals surface area (Å²) in [7, 11) is 1.96. The minimum absolute atomic E-state index is 0.222. The zero-order chi connectivity index (χ0) is 13.1. The van der Waals surface area contributed by atoms with Gasteiger partial charge in [0.15, 0.2) is 0 Å². The van der Waals surface area contributed by atoms with Crippen LogP contribution in [0, 0.1) is 6.92 Å². The topological polar surface area (TPSA) is 57.2 Å². The second kappa shape index (κ2) is 5.12. The first kappa shape index (κ1) is 13.4. The average Bonchev–Trinajstić information content (AvgIpc) is 2.66. The molecule has 0 unspecified atom stereocenters. The van der Waals surface area contributed by atoms with E-state index in [0.717, 1.165) is 17.0 Å². The molecule has 0 radical (unpaired) electrons. The fourth-order valence-electron chi connectivity index (χ4n) is 1.83. The first-order valence-corrected chi connectivity index (χ1v) is 5.72. The first-order valence-electron chi connectivity index (χ1n) is 5.72. The summed E-state index contributed by atoms with van der Waals surface area (Å²) in [4.78, 5) is 0. The van der Waals surface area contributed by atoms with Crippen LogP contribution in [-0.4, -0.2) is 39.2 Å². The predicted molar refractivity (Wildman–Crippen MR) is 70.8 cm³/mol. The molecule has 0 spiro atoms. The van der Waals surface area contributed by atoms with Crippen LogP contribution in [0.25, 0.3) is 5.57 Å². The van der Waals surface area contributed by atoms with Crippen LogP contribution < -0.4 is 0 Å². The number of allylic oxidation sites excluding steroid dienone is 1. The highest BCUT2D eigenvalue weighted by atomic mass is 15.5. The molecule has 1 aromatic heterocycles. The smallest absolute Gasteiger partial charge is 0.0870 e. The SMILES string of the molecule is C/C=N\N(C)C(C)(C)/C(=C\C)c1[nH]nnc1C. The van der Waals surface area contributed by atoms with Crippen molar-refractivity contribution in [1.82, 2.24) is 20.4 Å². The quantitative estimate of drug-likeness (QED) is 0.643. The van der Waals surface area contributed by atoms with E-state index in [9.17, 15) is 0 Å². The number of nitrogens with one attached hydrogen (secondary N) is 1. The summed E-state index contributed by atoms with van der Waals surface area (Å²) >= 11 is 0. The van der Waals surface area contributed by atoms with Crippen molar-refractivity contribution >= 4 is 11.8 Å². The van der Waals surface area contributed by atoms with Crippen molar-refractivity contribution < 1.29 is 0 Å². The number of hydrazone groups is 1. The summed E-state index contributed by atoms with van der Waals surface area (Å²) in [6.45, 7) is 10.1. The molecule has 1 heterocycles. The number of hydrogen-bond acceptors (Lipinski definition) is 4. The van der Waals surface area contributed by atoms with Crippen molar-refractivity contribution in [3.63, 3.8) is 0 Å². The lowest BCUT2D eigenvalue weighted by Crippen LogP contribution is -2.39. The number of aromatic nitrogens is 3. The molecule has 0 fully saturated rings. The summed E-state index contributed by atoms with van der Waals surface area (Å²) in [5.74, 6) is 0. The monoisotopic (exact) mass is 235 g/mol. The molecule has 5 heteroatoms. The Morgan fingerprint density at radius 3 is 2.47 bits per heavy atom. The molecule has 0 saturated carbocycles. The lowest BCUT2D eigenvalue weighted by molar-refractivity contribution is 0.224. The van der Waals surface area contributed by atoms with Crippen molar-refractivity contribution in [3.05, 3.63) is 17.5 Å². The molecule has 17 heavy (non-hydrogen) atoms. The van der Waals surface area contributed by atoms with Crippen LogP contribution in [0.4, 0.5) is 0 Å². The molecule has 94 valence electrons. The molecule has 5 nitrogen and oxygen atoms in total. The second-order valence-corrected chi connectivity index (χ2v) is 4.43. The maximum atomic E-state index is 4.32. The third-order valence-corrected chi connectivity index (χ3v) is 3.04. The van der Waals surface area contributed by atoms with Gasteiger partial charge in [-0.2, -0.15) is 5.10 Å². The summed E-state index contributed by atoms with van der Waals surface area (Å²) in [6, 6.07) is 0. The molecule has 0 aliphatic heterocycles. The highest BCUT2D eigenvalue weighted by Crippen LogP contribution is 2.31. The normalized spacial score (nSPS) is 13.4. The Bertz CT molecular complexity index is 428. The summed E-state index contributed by atoms with van der Waals surface area (Å²) in [5.41, 5.74) is 2.78. The van der Waals surface area contributed by atoms with Crippen molar-refractivity contribution in [2.24, 2.45) is 5.10 Å². The average molecular weight is 235 g/mol. The van der Waals surface area contributed by atoms with Gasteiger partial charge in [-0.05, 0) is 34.6 Å². The van der Waals surface area contributed by atoms with Gasteiger partial charge in [-0.15, -0.1) is 5.10 Å². The van der Waals surface area contributed by atoms with E-state index in [-0.39, 0.29) is 5.54 Å². The number of aromatic amines is 1. The van der Waals surface area contributed by atoms with Crippen LogP contribution in [-0.2, 0) is 0 Å². The maximum Gasteiger partial charge on any atom is 0.0870 e. The van der Waals surface area contributed by atoms with Crippen LogP contribution in [0.5, 0.6) is 0 Å². The first-order chi connectivity index (χ1) is 7.95. The molecule has 0 atom stereocenters. The van der Waals surface area contributed by atoms with Gasteiger partial charge in [0, 0.05) is 18.8 Å². The van der Waals surface area contributed by atoms with E-state index in [2.05, 4.69) is 40.4 Å². The number of hydrogen-bond donors (Lipinski definition) is 1. The Kier molecular flexibility index (Phi) is 4.04. The van der Waals surface area contributed by atoms with E-state index in [4.69, 9.17) is 0 Å². The number of likely N-dealkylation sites (N-methyl/N-ethyl adjacent to an activating group) is 1. The minimum Gasteiger partial charge on any atom is -0.290 e. The Morgan fingerprint density at radius 1 is 1.41 bits per heavy atom. The zero-order valence-electron chi connectivity index (χ0n) is 11.4. The Morgan fingerprint density at radius 2 is 2.06 bits per heavy atom. The molecular weight excluding hydrogens is 214 g/mol. The Labute approximate surface area is 103 Å². The summed E-state index contributed by atoms with van der Waals surface area (Å²) in [6.07, 6.45) is 3.86. The van der Waals surface area contributed by atoms with E-state index in [1.54, 1.807) is 6.21 Å². The lowest BCUT2D eigenvalue weighted by atomic mass is 9.90. The molecule has 0 saturated heterocycles. The predicted octanol–water partition coefficient (Wildman–Crippen LogP) is 2.23. The molecule has 0 bridgehead atoms. The van der Waals surface area contributed by atoms with Crippen LogP contribution in [0.3, 0.4) is 0 Å². The van der Waals surface area contributed by atoms with Crippen LogP contribution in [0.2, 0.25) is 0 Å². The third-order valence-electron chi connectivity index (χ3n) is 3.04. The van der Waals surface area contributed by atoms with Crippen LogP contribution >= 0.6 is 0 Å². The van der Waals surface area contributed by atoms with Gasteiger partial charge in [0.1, 0.15) is 0 Å². The highest BCUT2D eigenvalue weighted by Gasteiger charge is 2.30. The van der Waals surface area contributed by atoms with Crippen LogP contribution in [0.15, 0.2) is 11.2 Å². The molecule has 0 amide bonds. The highest BCUT2D eigenvalue weighted by molar-refractivity contribution is 5.71. The van der Waals surface area contributed by atoms with Gasteiger partial charge in [-0.1, -0.05) is 11.3 Å². The van der Waals surface area contributed by atoms with Gasteiger partial charge in [0.25, 0.3) is 0 Å². The maximum absolute atomic E-state index is 4.32. The Hall–Kier alpha value is -1.65. The number of nitrogens with zero attached hydrogens (tertiary/aromatic N) is 4. The van der Waals surface area contributed by atoms with E-state index >= 15 is 0 Å². The Balaban J connectivity index is 3.16. The van der Waals surface area contributed by atoms with Gasteiger partial charge in [0.2, 0.25) is 0 Å². The molecule has 1 rings (SSSR count). The molecule has 0 aromatic carbocycles. The second-order valence-electron chi connectivity index (χ2n) is 4.43. The molecule has 1 aromatic rings. The zero-order valence-corrected chi connectivity index (χ0v) is 11.4. The fraction of sp³-hybridized carbons (Fsp3) is 0.583.